The van der Waals surface area contributed by atoms with Crippen LogP contribution in [0.2, 0.25) is 0 Å². The van der Waals surface area contributed by atoms with Crippen LogP contribution < -0.4 is 27.0 Å². The number of benzene rings is 2. The van der Waals surface area contributed by atoms with Crippen LogP contribution in [0.3, 0.4) is 0 Å². The van der Waals surface area contributed by atoms with E-state index in [0.29, 0.717) is 45.3 Å². The van der Waals surface area contributed by atoms with E-state index in [4.69, 9.17) is 17.3 Å². The molecule has 0 aliphatic carbocycles. The number of nitrogens with one attached hydrogen (secondary N) is 5. The largest absolute Gasteiger partial charge is 0.361 e. The number of carbonyl (C=O) groups excluding carboxylic acids is 6. The normalized spacial score (nSPS) is 17.5. The summed E-state index contributed by atoms with van der Waals surface area (Å²) in [5, 5.41) is 12.0. The first kappa shape index (κ1) is 40.1. The summed E-state index contributed by atoms with van der Waals surface area (Å²) >= 11 is 5.81. The highest BCUT2D eigenvalue weighted by atomic mass is 35.5. The highest BCUT2D eigenvalue weighted by Crippen LogP contribution is 2.22. The van der Waals surface area contributed by atoms with Crippen LogP contribution in [0.5, 0.6) is 0 Å². The van der Waals surface area contributed by atoms with E-state index >= 15 is 0 Å². The van der Waals surface area contributed by atoms with E-state index in [9.17, 15) is 28.8 Å². The van der Waals surface area contributed by atoms with Crippen molar-refractivity contribution >= 4 is 58.1 Å². The van der Waals surface area contributed by atoms with Gasteiger partial charge in [0.1, 0.15) is 30.0 Å². The number of rotatable bonds is 16. The van der Waals surface area contributed by atoms with Crippen molar-refractivity contribution in [1.29, 1.82) is 0 Å². The quantitative estimate of drug-likeness (QED) is 0.0957. The monoisotopic (exact) mass is 762 g/mol. The number of amides is 7. The van der Waals surface area contributed by atoms with Crippen LogP contribution in [0.1, 0.15) is 62.5 Å². The standard InChI is InChI=1S/C39H51ClN8O6/c40-24-34(49)44-32(22-26-12-3-1-4-13-26)38(53)48-21-10-7-17-33(48)36(51)46-31(23-27-25-43-29-15-6-5-14-28(27)29)35(50)45-30(16-11-18-42-39(41)54)37(52)47-19-8-2-9-20-47/h1,3-6,12-15,25,30-33,43H,2,7-11,16-24H2,(H,44,49)(H,45,50)(H,46,51)(H3,41,42,54)/t30-,31-,32-,33-/m0/s1. The minimum Gasteiger partial charge on any atom is -0.361 e. The number of aromatic amines is 1. The number of nitrogens with zero attached hydrogens (tertiary/aromatic N) is 2. The minimum atomic E-state index is -1.10. The molecule has 3 heterocycles. The van der Waals surface area contributed by atoms with Crippen LogP contribution in [0, 0.1) is 0 Å². The lowest BCUT2D eigenvalue weighted by atomic mass is 9.97. The summed E-state index contributed by atoms with van der Waals surface area (Å²) in [5.74, 6) is -2.50. The number of hydrogen-bond acceptors (Lipinski definition) is 6. The molecule has 54 heavy (non-hydrogen) atoms. The fraction of sp³-hybridized carbons (Fsp3) is 0.487. The molecular formula is C39H51ClN8O6. The summed E-state index contributed by atoms with van der Waals surface area (Å²) in [6.07, 6.45) is 7.23. The molecule has 0 bridgehead atoms. The van der Waals surface area contributed by atoms with Gasteiger partial charge in [-0.25, -0.2) is 4.79 Å². The predicted molar refractivity (Wildman–Crippen MR) is 205 cm³/mol. The third kappa shape index (κ3) is 11.0. The number of piperidine rings is 2. The van der Waals surface area contributed by atoms with Gasteiger partial charge >= 0.3 is 6.03 Å². The van der Waals surface area contributed by atoms with Crippen molar-refractivity contribution in [3.05, 3.63) is 71.9 Å². The lowest BCUT2D eigenvalue weighted by Crippen LogP contribution is -2.61. The van der Waals surface area contributed by atoms with Gasteiger partial charge in [0.15, 0.2) is 0 Å². The summed E-state index contributed by atoms with van der Waals surface area (Å²) in [5.41, 5.74) is 7.73. The molecule has 290 valence electrons. The Morgan fingerprint density at radius 1 is 0.796 bits per heavy atom. The molecule has 2 saturated heterocycles. The van der Waals surface area contributed by atoms with E-state index in [0.717, 1.165) is 41.3 Å². The van der Waals surface area contributed by atoms with Crippen LogP contribution in [-0.4, -0.2) is 107 Å². The Kier molecular flexibility index (Phi) is 14.7. The number of nitrogens with two attached hydrogens (primary N) is 1. The number of primary amides is 1. The number of hydrogen-bond donors (Lipinski definition) is 6. The molecule has 2 aliphatic heterocycles. The molecule has 14 nitrogen and oxygen atoms in total. The highest BCUT2D eigenvalue weighted by Gasteiger charge is 2.38. The van der Waals surface area contributed by atoms with Crippen molar-refractivity contribution in [2.75, 3.05) is 32.1 Å². The molecule has 7 amide bonds. The van der Waals surface area contributed by atoms with E-state index in [1.807, 2.05) is 54.6 Å². The summed E-state index contributed by atoms with van der Waals surface area (Å²) in [6, 6.07) is 12.4. The number of alkyl halides is 1. The van der Waals surface area contributed by atoms with Gasteiger partial charge in [0, 0.05) is 56.1 Å². The average Bonchev–Trinajstić information content (AvgIpc) is 3.60. The molecule has 2 fully saturated rings. The number of para-hydroxylation sites is 1. The predicted octanol–water partition coefficient (Wildman–Crippen LogP) is 2.49. The lowest BCUT2D eigenvalue weighted by molar-refractivity contribution is -0.145. The topological polar surface area (TPSA) is 199 Å². The van der Waals surface area contributed by atoms with Gasteiger partial charge in [0.2, 0.25) is 29.5 Å². The zero-order chi connectivity index (χ0) is 38.5. The minimum absolute atomic E-state index is 0.110. The van der Waals surface area contributed by atoms with E-state index in [1.165, 1.54) is 4.90 Å². The SMILES string of the molecule is NC(=O)NCCC[C@H](NC(=O)[C@H](Cc1c[nH]c2ccccc12)NC(=O)[C@@H]1CCCCN1C(=O)[C@H](Cc1ccccc1)NC(=O)CCl)C(=O)N1CCCCC1. The molecule has 7 N–H and O–H groups in total. The van der Waals surface area contributed by atoms with Gasteiger partial charge < -0.3 is 41.8 Å². The zero-order valence-corrected chi connectivity index (χ0v) is 31.2. The summed E-state index contributed by atoms with van der Waals surface area (Å²) in [6.45, 7) is 1.70. The van der Waals surface area contributed by atoms with E-state index in [1.54, 1.807) is 11.1 Å². The maximum absolute atomic E-state index is 14.3. The lowest BCUT2D eigenvalue weighted by Gasteiger charge is -2.38. The first-order valence-electron chi connectivity index (χ1n) is 18.8. The molecule has 15 heteroatoms. The Morgan fingerprint density at radius 3 is 2.26 bits per heavy atom. The van der Waals surface area contributed by atoms with Gasteiger partial charge in [0.25, 0.3) is 0 Å². The molecule has 2 aliphatic rings. The summed E-state index contributed by atoms with van der Waals surface area (Å²) in [7, 11) is 0. The van der Waals surface area contributed by atoms with Gasteiger partial charge in [-0.2, -0.15) is 0 Å². The van der Waals surface area contributed by atoms with Crippen molar-refractivity contribution in [2.45, 2.75) is 88.4 Å². The first-order valence-corrected chi connectivity index (χ1v) is 19.4. The average molecular weight is 763 g/mol. The summed E-state index contributed by atoms with van der Waals surface area (Å²) < 4.78 is 0. The van der Waals surface area contributed by atoms with Gasteiger partial charge in [-0.1, -0.05) is 48.5 Å². The Labute approximate surface area is 320 Å². The third-order valence-corrected chi connectivity index (χ3v) is 10.4. The van der Waals surface area contributed by atoms with Crippen molar-refractivity contribution in [1.82, 2.24) is 36.1 Å². The zero-order valence-electron chi connectivity index (χ0n) is 30.5. The highest BCUT2D eigenvalue weighted by molar-refractivity contribution is 6.27. The van der Waals surface area contributed by atoms with Crippen LogP contribution >= 0.6 is 11.6 Å². The number of carbonyl (C=O) groups is 6. The fourth-order valence-corrected chi connectivity index (χ4v) is 7.41. The molecule has 0 spiro atoms. The molecular weight excluding hydrogens is 712 g/mol. The van der Waals surface area contributed by atoms with Crippen LogP contribution in [0.25, 0.3) is 10.9 Å². The van der Waals surface area contributed by atoms with Crippen LogP contribution in [0.4, 0.5) is 4.79 Å². The van der Waals surface area contributed by atoms with Gasteiger partial charge in [-0.05, 0) is 68.6 Å². The fourth-order valence-electron chi connectivity index (χ4n) is 7.33. The molecule has 5 rings (SSSR count). The third-order valence-electron chi connectivity index (χ3n) is 10.1. The second-order valence-corrected chi connectivity index (χ2v) is 14.3. The second kappa shape index (κ2) is 19.8. The van der Waals surface area contributed by atoms with E-state index < -0.39 is 53.8 Å². The number of halogens is 1. The maximum atomic E-state index is 14.3. The Balaban J connectivity index is 1.39. The Hall–Kier alpha value is -5.11. The van der Waals surface area contributed by atoms with Crippen molar-refractivity contribution in [3.63, 3.8) is 0 Å². The molecule has 0 radical (unpaired) electrons. The molecule has 3 aromatic rings. The smallest absolute Gasteiger partial charge is 0.312 e. The number of H-pyrrole nitrogens is 1. The molecule has 2 aromatic carbocycles. The van der Waals surface area contributed by atoms with Gasteiger partial charge in [-0.15, -0.1) is 11.6 Å². The van der Waals surface area contributed by atoms with Crippen molar-refractivity contribution in [3.8, 4) is 0 Å². The van der Waals surface area contributed by atoms with Crippen LogP contribution in [-0.2, 0) is 36.8 Å². The van der Waals surface area contributed by atoms with Crippen molar-refractivity contribution < 1.29 is 28.8 Å². The van der Waals surface area contributed by atoms with Gasteiger partial charge in [0.05, 0.1) is 0 Å². The van der Waals surface area contributed by atoms with Crippen LogP contribution in [0.15, 0.2) is 60.8 Å². The Morgan fingerprint density at radius 2 is 1.52 bits per heavy atom. The van der Waals surface area contributed by atoms with E-state index in [2.05, 4.69) is 26.3 Å². The number of fused-ring (bicyclic) bond motifs is 1. The number of aromatic nitrogens is 1. The second-order valence-electron chi connectivity index (χ2n) is 14.0. The maximum Gasteiger partial charge on any atom is 0.312 e. The number of urea groups is 1. The number of likely N-dealkylation sites (tertiary alicyclic amines) is 2. The Bertz CT molecular complexity index is 1760. The van der Waals surface area contributed by atoms with Gasteiger partial charge in [-0.3, -0.25) is 24.0 Å². The molecule has 1 aromatic heterocycles. The van der Waals surface area contributed by atoms with E-state index in [-0.39, 0.29) is 37.6 Å². The first-order chi connectivity index (χ1) is 26.1. The molecule has 0 saturated carbocycles. The van der Waals surface area contributed by atoms with Crippen molar-refractivity contribution in [2.24, 2.45) is 5.73 Å². The molecule has 4 atom stereocenters. The summed E-state index contributed by atoms with van der Waals surface area (Å²) in [4.78, 5) is 86.7. The molecule has 0 unspecified atom stereocenters.